The van der Waals surface area contributed by atoms with Crippen molar-refractivity contribution in [2.24, 2.45) is 0 Å². The molecule has 1 aromatic carbocycles. The Balaban J connectivity index is 1.49. The molecule has 0 atom stereocenters. The van der Waals surface area contributed by atoms with E-state index in [1.54, 1.807) is 10.9 Å². The molecule has 0 bridgehead atoms. The SMILES string of the molecule is Cc1ccnn1CC(=O)N1CCN(Cc2ccc(Cl)cc2)CC1. The van der Waals surface area contributed by atoms with E-state index in [1.165, 1.54) is 5.56 Å². The van der Waals surface area contributed by atoms with Crippen LogP contribution in [-0.2, 0) is 17.9 Å². The van der Waals surface area contributed by atoms with E-state index in [-0.39, 0.29) is 5.91 Å². The lowest BCUT2D eigenvalue weighted by atomic mass is 10.2. The standard InChI is InChI=1S/C17H21ClN4O/c1-14-6-7-19-22(14)13-17(23)21-10-8-20(9-11-21)12-15-2-4-16(18)5-3-15/h2-7H,8-13H2,1H3. The monoisotopic (exact) mass is 332 g/mol. The van der Waals surface area contributed by atoms with E-state index >= 15 is 0 Å². The highest BCUT2D eigenvalue weighted by atomic mass is 35.5. The highest BCUT2D eigenvalue weighted by Crippen LogP contribution is 2.13. The van der Waals surface area contributed by atoms with Crippen LogP contribution in [0.3, 0.4) is 0 Å². The van der Waals surface area contributed by atoms with Crippen molar-refractivity contribution in [2.45, 2.75) is 20.0 Å². The molecule has 0 radical (unpaired) electrons. The molecule has 1 aliphatic heterocycles. The number of benzene rings is 1. The first kappa shape index (κ1) is 16.0. The maximum atomic E-state index is 12.4. The van der Waals surface area contributed by atoms with E-state index in [0.717, 1.165) is 43.4 Å². The van der Waals surface area contributed by atoms with Gasteiger partial charge < -0.3 is 4.90 Å². The van der Waals surface area contributed by atoms with Crippen LogP contribution in [0.25, 0.3) is 0 Å². The molecule has 0 N–H and O–H groups in total. The van der Waals surface area contributed by atoms with Crippen LogP contribution in [0.15, 0.2) is 36.5 Å². The van der Waals surface area contributed by atoms with Crippen LogP contribution >= 0.6 is 11.6 Å². The summed E-state index contributed by atoms with van der Waals surface area (Å²) in [5.41, 5.74) is 2.26. The molecule has 0 saturated carbocycles. The van der Waals surface area contributed by atoms with Gasteiger partial charge in [0.25, 0.3) is 0 Å². The molecular weight excluding hydrogens is 312 g/mol. The van der Waals surface area contributed by atoms with Crippen molar-refractivity contribution in [1.82, 2.24) is 19.6 Å². The fourth-order valence-corrected chi connectivity index (χ4v) is 2.92. The fourth-order valence-electron chi connectivity index (χ4n) is 2.80. The zero-order valence-corrected chi connectivity index (χ0v) is 14.0. The van der Waals surface area contributed by atoms with Gasteiger partial charge in [-0.1, -0.05) is 23.7 Å². The van der Waals surface area contributed by atoms with Crippen LogP contribution in [0, 0.1) is 6.92 Å². The molecule has 0 spiro atoms. The molecule has 1 saturated heterocycles. The number of piperazine rings is 1. The first-order valence-electron chi connectivity index (χ1n) is 7.85. The van der Waals surface area contributed by atoms with E-state index in [9.17, 15) is 4.79 Å². The number of nitrogens with zero attached hydrogens (tertiary/aromatic N) is 4. The quantitative estimate of drug-likeness (QED) is 0.862. The Morgan fingerprint density at radius 3 is 2.43 bits per heavy atom. The van der Waals surface area contributed by atoms with Crippen molar-refractivity contribution in [3.05, 3.63) is 52.8 Å². The van der Waals surface area contributed by atoms with Gasteiger partial charge in [-0.15, -0.1) is 0 Å². The number of halogens is 1. The minimum Gasteiger partial charge on any atom is -0.339 e. The van der Waals surface area contributed by atoms with Crippen molar-refractivity contribution >= 4 is 17.5 Å². The van der Waals surface area contributed by atoms with Crippen molar-refractivity contribution in [1.29, 1.82) is 0 Å². The Bertz CT molecular complexity index is 659. The van der Waals surface area contributed by atoms with E-state index in [2.05, 4.69) is 22.1 Å². The summed E-state index contributed by atoms with van der Waals surface area (Å²) in [6.45, 7) is 6.52. The van der Waals surface area contributed by atoms with Crippen LogP contribution in [0.5, 0.6) is 0 Å². The van der Waals surface area contributed by atoms with E-state index in [1.807, 2.05) is 30.0 Å². The summed E-state index contributed by atoms with van der Waals surface area (Å²) in [5, 5.41) is 4.94. The van der Waals surface area contributed by atoms with Gasteiger partial charge in [0, 0.05) is 49.6 Å². The molecule has 6 heteroatoms. The molecular formula is C17H21ClN4O. The minimum atomic E-state index is 0.142. The normalized spacial score (nSPS) is 15.8. The maximum absolute atomic E-state index is 12.4. The van der Waals surface area contributed by atoms with Gasteiger partial charge in [0.15, 0.2) is 0 Å². The van der Waals surface area contributed by atoms with Crippen LogP contribution in [0.1, 0.15) is 11.3 Å². The van der Waals surface area contributed by atoms with Gasteiger partial charge in [-0.2, -0.15) is 5.10 Å². The third-order valence-corrected chi connectivity index (χ3v) is 4.51. The molecule has 0 aliphatic carbocycles. The van der Waals surface area contributed by atoms with Crippen LogP contribution in [0.4, 0.5) is 0 Å². The van der Waals surface area contributed by atoms with Crippen molar-refractivity contribution in [3.8, 4) is 0 Å². The van der Waals surface area contributed by atoms with Crippen molar-refractivity contribution < 1.29 is 4.79 Å². The van der Waals surface area contributed by atoms with Gasteiger partial charge in [0.2, 0.25) is 5.91 Å². The summed E-state index contributed by atoms with van der Waals surface area (Å²) >= 11 is 5.91. The van der Waals surface area contributed by atoms with Gasteiger partial charge in [-0.3, -0.25) is 14.4 Å². The van der Waals surface area contributed by atoms with E-state index in [0.29, 0.717) is 6.54 Å². The highest BCUT2D eigenvalue weighted by Gasteiger charge is 2.21. The predicted octanol–water partition coefficient (Wildman–Crippen LogP) is 2.19. The van der Waals surface area contributed by atoms with Crippen LogP contribution in [-0.4, -0.2) is 51.7 Å². The van der Waals surface area contributed by atoms with Gasteiger partial charge in [0.1, 0.15) is 6.54 Å². The number of carbonyl (C=O) groups is 1. The number of amides is 1. The number of carbonyl (C=O) groups excluding carboxylic acids is 1. The number of rotatable bonds is 4. The van der Waals surface area contributed by atoms with Crippen LogP contribution in [0.2, 0.25) is 5.02 Å². The Hall–Kier alpha value is -1.85. The molecule has 3 rings (SSSR count). The molecule has 1 aromatic heterocycles. The Morgan fingerprint density at radius 2 is 1.83 bits per heavy atom. The first-order chi connectivity index (χ1) is 11.1. The number of aryl methyl sites for hydroxylation is 1. The number of hydrogen-bond donors (Lipinski definition) is 0. The summed E-state index contributed by atoms with van der Waals surface area (Å²) < 4.78 is 1.75. The van der Waals surface area contributed by atoms with Gasteiger partial charge in [-0.25, -0.2) is 0 Å². The maximum Gasteiger partial charge on any atom is 0.244 e. The van der Waals surface area contributed by atoms with Crippen LogP contribution < -0.4 is 0 Å². The zero-order chi connectivity index (χ0) is 16.2. The third-order valence-electron chi connectivity index (χ3n) is 4.26. The Morgan fingerprint density at radius 1 is 1.13 bits per heavy atom. The summed E-state index contributed by atoms with van der Waals surface area (Å²) in [5.74, 6) is 0.142. The molecule has 1 fully saturated rings. The van der Waals surface area contributed by atoms with Gasteiger partial charge in [0.05, 0.1) is 0 Å². The Labute approximate surface area is 141 Å². The average Bonchev–Trinajstić information content (AvgIpc) is 2.95. The second-order valence-electron chi connectivity index (χ2n) is 5.91. The molecule has 1 aliphatic rings. The summed E-state index contributed by atoms with van der Waals surface area (Å²) in [4.78, 5) is 16.6. The lowest BCUT2D eigenvalue weighted by Crippen LogP contribution is -2.49. The Kier molecular flexibility index (Phi) is 4.98. The number of aromatic nitrogens is 2. The highest BCUT2D eigenvalue weighted by molar-refractivity contribution is 6.30. The molecule has 5 nitrogen and oxygen atoms in total. The molecule has 122 valence electrons. The lowest BCUT2D eigenvalue weighted by Gasteiger charge is -2.34. The minimum absolute atomic E-state index is 0.142. The van der Waals surface area contributed by atoms with Gasteiger partial charge in [-0.05, 0) is 30.7 Å². The topological polar surface area (TPSA) is 41.4 Å². The third kappa shape index (κ3) is 4.12. The smallest absolute Gasteiger partial charge is 0.244 e. The molecule has 2 heterocycles. The summed E-state index contributed by atoms with van der Waals surface area (Å²) in [7, 11) is 0. The van der Waals surface area contributed by atoms with Crippen molar-refractivity contribution in [2.75, 3.05) is 26.2 Å². The first-order valence-corrected chi connectivity index (χ1v) is 8.22. The predicted molar refractivity (Wildman–Crippen MR) is 90.3 cm³/mol. The van der Waals surface area contributed by atoms with E-state index < -0.39 is 0 Å². The fraction of sp³-hybridized carbons (Fsp3) is 0.412. The van der Waals surface area contributed by atoms with Crippen molar-refractivity contribution in [3.63, 3.8) is 0 Å². The zero-order valence-electron chi connectivity index (χ0n) is 13.3. The molecule has 2 aromatic rings. The molecule has 23 heavy (non-hydrogen) atoms. The summed E-state index contributed by atoms with van der Waals surface area (Å²) in [6, 6.07) is 9.87. The lowest BCUT2D eigenvalue weighted by molar-refractivity contribution is -0.133. The summed E-state index contributed by atoms with van der Waals surface area (Å²) in [6.07, 6.45) is 1.73. The average molecular weight is 333 g/mol. The van der Waals surface area contributed by atoms with Gasteiger partial charge >= 0.3 is 0 Å². The van der Waals surface area contributed by atoms with E-state index in [4.69, 9.17) is 11.6 Å². The largest absolute Gasteiger partial charge is 0.339 e. The molecule has 1 amide bonds. The number of hydrogen-bond acceptors (Lipinski definition) is 3. The molecule has 0 unspecified atom stereocenters. The second kappa shape index (κ2) is 7.15. The second-order valence-corrected chi connectivity index (χ2v) is 6.35.